The Labute approximate surface area is 254 Å². The third kappa shape index (κ3) is 6.95. The van der Waals surface area contributed by atoms with Crippen LogP contribution in [-0.4, -0.2) is 66.3 Å². The van der Waals surface area contributed by atoms with Gasteiger partial charge in [-0.25, -0.2) is 9.59 Å². The Kier molecular flexibility index (Phi) is 8.55. The van der Waals surface area contributed by atoms with Crippen LogP contribution >= 0.6 is 0 Å². The van der Waals surface area contributed by atoms with Gasteiger partial charge in [-0.2, -0.15) is 8.78 Å². The number of ether oxygens (including phenoxy) is 4. The molecule has 2 amide bonds. The summed E-state index contributed by atoms with van der Waals surface area (Å²) in [7, 11) is 0. The van der Waals surface area contributed by atoms with Gasteiger partial charge in [0.1, 0.15) is 17.1 Å². The number of Topliss-reactive ketones (excluding diaryl/α,β-unsaturated/α-hetero) is 1. The van der Waals surface area contributed by atoms with Crippen LogP contribution in [0.15, 0.2) is 42.5 Å². The lowest BCUT2D eigenvalue weighted by molar-refractivity contribution is -0.193. The second-order valence-corrected chi connectivity index (χ2v) is 12.2. The van der Waals surface area contributed by atoms with E-state index in [1.165, 1.54) is 17.0 Å². The smallest absolute Gasteiger partial charge is 0.444 e. The minimum absolute atomic E-state index is 0.0728. The van der Waals surface area contributed by atoms with Gasteiger partial charge in [0.15, 0.2) is 0 Å². The highest BCUT2D eigenvalue weighted by molar-refractivity contribution is 5.98. The number of nitrogens with zero attached hydrogens (tertiary/aromatic N) is 2. The maximum absolute atomic E-state index is 14.5. The number of amides is 2. The number of rotatable bonds is 6. The van der Waals surface area contributed by atoms with Gasteiger partial charge in [0.25, 0.3) is 0 Å². The molecule has 0 N–H and O–H groups in total. The Hall–Kier alpha value is -4.22. The average molecular weight is 615 g/mol. The van der Waals surface area contributed by atoms with Crippen LogP contribution in [0.5, 0.6) is 11.5 Å². The van der Waals surface area contributed by atoms with E-state index in [0.29, 0.717) is 18.7 Å². The minimum Gasteiger partial charge on any atom is -0.444 e. The van der Waals surface area contributed by atoms with E-state index < -0.39 is 42.1 Å². The zero-order chi connectivity index (χ0) is 31.8. The molecule has 0 aromatic heterocycles. The standard InChI is InChI=1S/C32H36F2N2O8/c1-5-41-30(40)42-23-8-6-7-19(16-23)24-13-14-35(29(39)44-31(2,3)4)18-25(24)28(38)36(21-9-10-21)22-11-12-26-20(15-22)17-27(37)32(33,34)43-26/h6-8,11-12,15-16,21,24-25H,5,9-10,13-14,17-18H2,1-4H3/t24-,25+/m1/s1. The summed E-state index contributed by atoms with van der Waals surface area (Å²) in [5.74, 6) is -2.52. The third-order valence-corrected chi connectivity index (χ3v) is 7.72. The number of hydrogen-bond donors (Lipinski definition) is 0. The zero-order valence-electron chi connectivity index (χ0n) is 25.1. The molecule has 236 valence electrons. The number of piperidine rings is 1. The first-order valence-electron chi connectivity index (χ1n) is 14.7. The van der Waals surface area contributed by atoms with E-state index in [-0.39, 0.29) is 48.1 Å². The molecule has 0 unspecified atom stereocenters. The van der Waals surface area contributed by atoms with Crippen molar-refractivity contribution in [2.75, 3.05) is 24.6 Å². The summed E-state index contributed by atoms with van der Waals surface area (Å²) >= 11 is 0. The lowest BCUT2D eigenvalue weighted by Crippen LogP contribution is -2.51. The molecule has 12 heteroatoms. The van der Waals surface area contributed by atoms with Gasteiger partial charge in [0, 0.05) is 36.8 Å². The van der Waals surface area contributed by atoms with Crippen LogP contribution in [0.25, 0.3) is 0 Å². The van der Waals surface area contributed by atoms with E-state index in [1.807, 2.05) is 6.07 Å². The van der Waals surface area contributed by atoms with E-state index in [1.54, 1.807) is 56.9 Å². The summed E-state index contributed by atoms with van der Waals surface area (Å²) < 4.78 is 48.2. The van der Waals surface area contributed by atoms with Crippen LogP contribution < -0.4 is 14.4 Å². The fourth-order valence-electron chi connectivity index (χ4n) is 5.60. The monoisotopic (exact) mass is 614 g/mol. The summed E-state index contributed by atoms with van der Waals surface area (Å²) in [6, 6.07) is 11.2. The Morgan fingerprint density at radius 3 is 2.52 bits per heavy atom. The average Bonchev–Trinajstić information content (AvgIpc) is 3.78. The summed E-state index contributed by atoms with van der Waals surface area (Å²) in [5, 5.41) is 0. The van der Waals surface area contributed by atoms with Crippen molar-refractivity contribution in [3.05, 3.63) is 53.6 Å². The molecule has 2 heterocycles. The maximum atomic E-state index is 14.5. The molecule has 2 atom stereocenters. The summed E-state index contributed by atoms with van der Waals surface area (Å²) in [5.41, 5.74) is 0.754. The highest BCUT2D eigenvalue weighted by atomic mass is 19.3. The lowest BCUT2D eigenvalue weighted by atomic mass is 9.79. The fourth-order valence-corrected chi connectivity index (χ4v) is 5.60. The number of carbonyl (C=O) groups excluding carboxylic acids is 4. The van der Waals surface area contributed by atoms with Gasteiger partial charge in [-0.1, -0.05) is 12.1 Å². The fraction of sp³-hybridized carbons (Fsp3) is 0.500. The molecule has 44 heavy (non-hydrogen) atoms. The maximum Gasteiger partial charge on any atom is 0.513 e. The molecular weight excluding hydrogens is 578 g/mol. The molecule has 2 aromatic rings. The second-order valence-electron chi connectivity index (χ2n) is 12.2. The molecule has 2 aromatic carbocycles. The number of ketones is 1. The number of fused-ring (bicyclic) bond motifs is 1. The Balaban J connectivity index is 1.47. The third-order valence-electron chi connectivity index (χ3n) is 7.72. The van der Waals surface area contributed by atoms with Crippen molar-refractivity contribution in [2.24, 2.45) is 5.92 Å². The van der Waals surface area contributed by atoms with Gasteiger partial charge in [-0.3, -0.25) is 9.59 Å². The van der Waals surface area contributed by atoms with Gasteiger partial charge >= 0.3 is 18.4 Å². The number of likely N-dealkylation sites (tertiary alicyclic amines) is 1. The van der Waals surface area contributed by atoms with Gasteiger partial charge in [-0.15, -0.1) is 0 Å². The minimum atomic E-state index is -3.90. The van der Waals surface area contributed by atoms with Crippen LogP contribution in [0, 0.1) is 5.92 Å². The predicted octanol–water partition coefficient (Wildman–Crippen LogP) is 5.85. The first kappa shape index (κ1) is 31.2. The number of anilines is 1. The van der Waals surface area contributed by atoms with Gasteiger partial charge in [0.05, 0.1) is 12.5 Å². The number of hydrogen-bond acceptors (Lipinski definition) is 8. The SMILES string of the molecule is CCOC(=O)Oc1cccc([C@H]2CCN(C(=O)OC(C)(C)C)C[C@@H]2C(=O)N(c2ccc3c(c2)CC(=O)C(F)(F)O3)C2CC2)c1. The van der Waals surface area contributed by atoms with Gasteiger partial charge < -0.3 is 28.7 Å². The summed E-state index contributed by atoms with van der Waals surface area (Å²) in [4.78, 5) is 54.7. The first-order chi connectivity index (χ1) is 20.8. The molecule has 1 saturated heterocycles. The molecule has 1 saturated carbocycles. The molecule has 3 aliphatic rings. The highest BCUT2D eigenvalue weighted by Crippen LogP contribution is 2.42. The van der Waals surface area contributed by atoms with Crippen molar-refractivity contribution in [3.8, 4) is 11.5 Å². The van der Waals surface area contributed by atoms with Crippen molar-refractivity contribution < 1.29 is 46.9 Å². The van der Waals surface area contributed by atoms with Crippen LogP contribution in [0.3, 0.4) is 0 Å². The number of alkyl halides is 2. The van der Waals surface area contributed by atoms with Crippen LogP contribution in [0.2, 0.25) is 0 Å². The molecule has 10 nitrogen and oxygen atoms in total. The molecule has 0 radical (unpaired) electrons. The second kappa shape index (κ2) is 12.0. The summed E-state index contributed by atoms with van der Waals surface area (Å²) in [6.07, 6.45) is -3.88. The van der Waals surface area contributed by atoms with Crippen LogP contribution in [0.4, 0.5) is 24.1 Å². The number of benzene rings is 2. The van der Waals surface area contributed by atoms with Crippen molar-refractivity contribution in [2.45, 2.75) is 77.0 Å². The van der Waals surface area contributed by atoms with Gasteiger partial charge in [-0.05, 0) is 88.8 Å². The predicted molar refractivity (Wildman–Crippen MR) is 154 cm³/mol. The molecule has 0 spiro atoms. The molecule has 5 rings (SSSR count). The highest BCUT2D eigenvalue weighted by Gasteiger charge is 2.47. The van der Waals surface area contributed by atoms with E-state index in [0.717, 1.165) is 18.4 Å². The molecule has 2 fully saturated rings. The molecule has 2 aliphatic heterocycles. The molecule has 1 aliphatic carbocycles. The van der Waals surface area contributed by atoms with E-state index >= 15 is 0 Å². The zero-order valence-corrected chi connectivity index (χ0v) is 25.1. The normalized spacial score (nSPS) is 21.0. The molecule has 0 bridgehead atoms. The van der Waals surface area contributed by atoms with E-state index in [9.17, 15) is 28.0 Å². The topological polar surface area (TPSA) is 112 Å². The Bertz CT molecular complexity index is 1450. The van der Waals surface area contributed by atoms with E-state index in [4.69, 9.17) is 14.2 Å². The lowest BCUT2D eigenvalue weighted by Gasteiger charge is -2.40. The molecular formula is C32H36F2N2O8. The first-order valence-corrected chi connectivity index (χ1v) is 14.7. The van der Waals surface area contributed by atoms with Gasteiger partial charge in [0.2, 0.25) is 11.7 Å². The van der Waals surface area contributed by atoms with Crippen LogP contribution in [0.1, 0.15) is 64.0 Å². The Morgan fingerprint density at radius 2 is 1.84 bits per heavy atom. The van der Waals surface area contributed by atoms with Crippen LogP contribution in [-0.2, 0) is 25.5 Å². The number of carbonyl (C=O) groups is 4. The quantitative estimate of drug-likeness (QED) is 0.294. The summed E-state index contributed by atoms with van der Waals surface area (Å²) in [6.45, 7) is 7.53. The van der Waals surface area contributed by atoms with E-state index in [2.05, 4.69) is 4.74 Å². The van der Waals surface area contributed by atoms with Crippen molar-refractivity contribution in [3.63, 3.8) is 0 Å². The van der Waals surface area contributed by atoms with Crippen molar-refractivity contribution in [1.29, 1.82) is 0 Å². The van der Waals surface area contributed by atoms with Crippen molar-refractivity contribution in [1.82, 2.24) is 4.90 Å². The Morgan fingerprint density at radius 1 is 1.09 bits per heavy atom. The largest absolute Gasteiger partial charge is 0.513 e. The van der Waals surface area contributed by atoms with Crippen molar-refractivity contribution >= 4 is 29.6 Å². The number of halogens is 2.